The molecule has 3 rings (SSSR count). The summed E-state index contributed by atoms with van der Waals surface area (Å²) in [5.74, 6) is -0.827. The number of piperidine rings is 1. The van der Waals surface area contributed by atoms with Crippen molar-refractivity contribution in [3.8, 4) is 5.88 Å². The van der Waals surface area contributed by atoms with Gasteiger partial charge in [-0.1, -0.05) is 30.3 Å². The lowest BCUT2D eigenvalue weighted by molar-refractivity contribution is -0.143. The molecule has 1 aliphatic rings. The number of nitrogens with zero attached hydrogens (tertiary/aromatic N) is 2. The van der Waals surface area contributed by atoms with Gasteiger partial charge in [0.15, 0.2) is 0 Å². The van der Waals surface area contributed by atoms with Gasteiger partial charge in [0.05, 0.1) is 5.56 Å². The molecule has 1 aromatic heterocycles. The zero-order valence-corrected chi connectivity index (χ0v) is 13.8. The fourth-order valence-corrected chi connectivity index (χ4v) is 2.92. The number of ether oxygens (including phenoxy) is 1. The van der Waals surface area contributed by atoms with E-state index in [-0.39, 0.29) is 5.91 Å². The highest BCUT2D eigenvalue weighted by molar-refractivity contribution is 5.96. The molecule has 0 aliphatic carbocycles. The van der Waals surface area contributed by atoms with Gasteiger partial charge in [0.1, 0.15) is 12.6 Å². The number of amides is 1. The van der Waals surface area contributed by atoms with E-state index in [4.69, 9.17) is 4.74 Å². The van der Waals surface area contributed by atoms with Crippen LogP contribution in [-0.2, 0) is 11.4 Å². The van der Waals surface area contributed by atoms with Gasteiger partial charge in [-0.3, -0.25) is 4.79 Å². The molecule has 130 valence electrons. The van der Waals surface area contributed by atoms with Crippen molar-refractivity contribution < 1.29 is 19.4 Å². The summed E-state index contributed by atoms with van der Waals surface area (Å²) in [5, 5.41) is 9.30. The zero-order chi connectivity index (χ0) is 17.6. The number of aromatic nitrogens is 1. The summed E-state index contributed by atoms with van der Waals surface area (Å²) in [5.41, 5.74) is 1.40. The molecule has 1 aliphatic heterocycles. The molecule has 25 heavy (non-hydrogen) atoms. The first-order valence-corrected chi connectivity index (χ1v) is 8.32. The Hall–Kier alpha value is -2.89. The van der Waals surface area contributed by atoms with Crippen molar-refractivity contribution in [2.45, 2.75) is 31.9 Å². The number of carboxylic acid groups (broad SMARTS) is 1. The van der Waals surface area contributed by atoms with Crippen molar-refractivity contribution in [1.29, 1.82) is 0 Å². The fraction of sp³-hybridized carbons (Fsp3) is 0.316. The van der Waals surface area contributed by atoms with Crippen molar-refractivity contribution in [2.75, 3.05) is 6.54 Å². The largest absolute Gasteiger partial charge is 0.480 e. The fourth-order valence-electron chi connectivity index (χ4n) is 2.92. The van der Waals surface area contributed by atoms with E-state index in [1.807, 2.05) is 30.3 Å². The topological polar surface area (TPSA) is 79.7 Å². The molecule has 1 N–H and O–H groups in total. The van der Waals surface area contributed by atoms with Gasteiger partial charge in [0, 0.05) is 18.8 Å². The Balaban J connectivity index is 1.65. The van der Waals surface area contributed by atoms with Gasteiger partial charge in [0.25, 0.3) is 5.91 Å². The Morgan fingerprint density at radius 1 is 1.16 bits per heavy atom. The van der Waals surface area contributed by atoms with E-state index in [1.165, 1.54) is 11.1 Å². The van der Waals surface area contributed by atoms with Crippen LogP contribution in [-0.4, -0.2) is 39.5 Å². The average Bonchev–Trinajstić information content (AvgIpc) is 2.67. The van der Waals surface area contributed by atoms with Crippen molar-refractivity contribution in [2.24, 2.45) is 0 Å². The second kappa shape index (κ2) is 7.79. The molecule has 1 fully saturated rings. The number of hydrogen-bond donors (Lipinski definition) is 1. The number of carbonyl (C=O) groups excluding carboxylic acids is 1. The minimum atomic E-state index is -0.955. The molecule has 2 heterocycles. The van der Waals surface area contributed by atoms with E-state index in [0.717, 1.165) is 18.4 Å². The van der Waals surface area contributed by atoms with E-state index in [1.54, 1.807) is 12.1 Å². The van der Waals surface area contributed by atoms with E-state index < -0.39 is 12.0 Å². The minimum Gasteiger partial charge on any atom is -0.480 e. The minimum absolute atomic E-state index is 0.297. The zero-order valence-electron chi connectivity index (χ0n) is 13.8. The highest BCUT2D eigenvalue weighted by atomic mass is 16.5. The Labute approximate surface area is 146 Å². The highest BCUT2D eigenvalue weighted by Gasteiger charge is 2.32. The lowest BCUT2D eigenvalue weighted by Crippen LogP contribution is -2.48. The number of carboxylic acids is 1. The summed E-state index contributed by atoms with van der Waals surface area (Å²) < 4.78 is 5.60. The number of hydrogen-bond acceptors (Lipinski definition) is 4. The van der Waals surface area contributed by atoms with Crippen LogP contribution >= 0.6 is 0 Å². The molecule has 6 heteroatoms. The van der Waals surface area contributed by atoms with Crippen molar-refractivity contribution in [3.63, 3.8) is 0 Å². The molecule has 0 spiro atoms. The first kappa shape index (κ1) is 17.0. The molecule has 0 bridgehead atoms. The summed E-state index contributed by atoms with van der Waals surface area (Å²) in [6.07, 6.45) is 3.58. The van der Waals surface area contributed by atoms with E-state index in [9.17, 15) is 14.7 Å². The standard InChI is InChI=1S/C19H20N2O4/c22-18(21-11-5-4-8-16(21)19(23)24)15-9-10-17(20-12-15)25-13-14-6-2-1-3-7-14/h1-3,6-7,9-10,12,16H,4-5,8,11,13H2,(H,23,24)/t16-/m1/s1. The number of pyridine rings is 1. The van der Waals surface area contributed by atoms with E-state index >= 15 is 0 Å². The molecule has 1 saturated heterocycles. The Kier molecular flexibility index (Phi) is 5.28. The van der Waals surface area contributed by atoms with Crippen LogP contribution in [0.15, 0.2) is 48.7 Å². The molecule has 6 nitrogen and oxygen atoms in total. The maximum Gasteiger partial charge on any atom is 0.326 e. The number of benzene rings is 1. The average molecular weight is 340 g/mol. The van der Waals surface area contributed by atoms with Crippen molar-refractivity contribution >= 4 is 11.9 Å². The Morgan fingerprint density at radius 2 is 1.96 bits per heavy atom. The van der Waals surface area contributed by atoms with Crippen LogP contribution in [0.2, 0.25) is 0 Å². The number of aliphatic carboxylic acids is 1. The first-order valence-electron chi connectivity index (χ1n) is 8.32. The molecular formula is C19H20N2O4. The predicted octanol–water partition coefficient (Wildman–Crippen LogP) is 2.74. The second-order valence-electron chi connectivity index (χ2n) is 6.01. The molecule has 0 radical (unpaired) electrons. The Bertz CT molecular complexity index is 731. The van der Waals surface area contributed by atoms with Gasteiger partial charge in [0.2, 0.25) is 5.88 Å². The van der Waals surface area contributed by atoms with Gasteiger partial charge in [-0.2, -0.15) is 0 Å². The lowest BCUT2D eigenvalue weighted by atomic mass is 10.0. The Morgan fingerprint density at radius 3 is 2.64 bits per heavy atom. The van der Waals surface area contributed by atoms with E-state index in [2.05, 4.69) is 4.98 Å². The monoisotopic (exact) mass is 340 g/mol. The van der Waals surface area contributed by atoms with E-state index in [0.29, 0.717) is 31.0 Å². The van der Waals surface area contributed by atoms with Crippen LogP contribution < -0.4 is 4.74 Å². The maximum absolute atomic E-state index is 12.6. The lowest BCUT2D eigenvalue weighted by Gasteiger charge is -2.32. The number of carbonyl (C=O) groups is 2. The van der Waals surface area contributed by atoms with Crippen molar-refractivity contribution in [3.05, 3.63) is 59.8 Å². The second-order valence-corrected chi connectivity index (χ2v) is 6.01. The quantitative estimate of drug-likeness (QED) is 0.905. The third-order valence-electron chi connectivity index (χ3n) is 4.26. The molecule has 0 saturated carbocycles. The van der Waals surface area contributed by atoms with Crippen LogP contribution in [0.1, 0.15) is 35.2 Å². The molecular weight excluding hydrogens is 320 g/mol. The van der Waals surface area contributed by atoms with Gasteiger partial charge in [-0.15, -0.1) is 0 Å². The SMILES string of the molecule is O=C(O)[C@H]1CCCCN1C(=O)c1ccc(OCc2ccccc2)nc1. The van der Waals surface area contributed by atoms with Gasteiger partial charge >= 0.3 is 5.97 Å². The van der Waals surface area contributed by atoms with Crippen LogP contribution in [0.4, 0.5) is 0 Å². The number of likely N-dealkylation sites (tertiary alicyclic amines) is 1. The molecule has 1 atom stereocenters. The van der Waals surface area contributed by atoms with Crippen LogP contribution in [0.25, 0.3) is 0 Å². The molecule has 2 aromatic rings. The molecule has 1 amide bonds. The van der Waals surface area contributed by atoms with Crippen LogP contribution in [0.5, 0.6) is 5.88 Å². The highest BCUT2D eigenvalue weighted by Crippen LogP contribution is 2.20. The molecule has 1 aromatic carbocycles. The summed E-state index contributed by atoms with van der Waals surface area (Å²) >= 11 is 0. The molecule has 0 unspecified atom stereocenters. The summed E-state index contributed by atoms with van der Waals surface area (Å²) in [4.78, 5) is 29.5. The van der Waals surface area contributed by atoms with Crippen LogP contribution in [0.3, 0.4) is 0 Å². The maximum atomic E-state index is 12.6. The normalized spacial score (nSPS) is 17.1. The number of rotatable bonds is 5. The van der Waals surface area contributed by atoms with Crippen molar-refractivity contribution in [1.82, 2.24) is 9.88 Å². The summed E-state index contributed by atoms with van der Waals surface area (Å²) in [7, 11) is 0. The van der Waals surface area contributed by atoms with Gasteiger partial charge < -0.3 is 14.7 Å². The van der Waals surface area contributed by atoms with Gasteiger partial charge in [-0.05, 0) is 30.9 Å². The third-order valence-corrected chi connectivity index (χ3v) is 4.26. The summed E-state index contributed by atoms with van der Waals surface area (Å²) in [6, 6.07) is 12.2. The summed E-state index contributed by atoms with van der Waals surface area (Å²) in [6.45, 7) is 0.858. The smallest absolute Gasteiger partial charge is 0.326 e. The van der Waals surface area contributed by atoms with Crippen LogP contribution in [0, 0.1) is 0 Å². The third kappa shape index (κ3) is 4.15. The first-order chi connectivity index (χ1) is 12.1. The predicted molar refractivity (Wildman–Crippen MR) is 91.3 cm³/mol. The van der Waals surface area contributed by atoms with Gasteiger partial charge in [-0.25, -0.2) is 9.78 Å².